The average molecular weight is 280 g/mol. The van der Waals surface area contributed by atoms with E-state index in [1.54, 1.807) is 12.1 Å². The van der Waals surface area contributed by atoms with Gasteiger partial charge in [0.25, 0.3) is 6.43 Å². The van der Waals surface area contributed by atoms with Crippen molar-refractivity contribution in [3.63, 3.8) is 0 Å². The smallest absolute Gasteiger partial charge is 0.263 e. The third kappa shape index (κ3) is 2.72. The van der Waals surface area contributed by atoms with Gasteiger partial charge in [0.2, 0.25) is 0 Å². The van der Waals surface area contributed by atoms with Crippen LogP contribution in [0.15, 0.2) is 24.3 Å². The number of hydrogen-bond acceptors (Lipinski definition) is 2. The molecule has 1 heterocycles. The summed E-state index contributed by atoms with van der Waals surface area (Å²) in [5.74, 6) is 0.522. The van der Waals surface area contributed by atoms with Crippen LogP contribution in [0.4, 0.5) is 8.78 Å². The number of nitrogens with zero attached hydrogens (tertiary/aromatic N) is 1. The van der Waals surface area contributed by atoms with Gasteiger partial charge in [-0.05, 0) is 56.9 Å². The molecule has 0 amide bonds. The average Bonchev–Trinajstić information content (AvgIpc) is 3.21. The van der Waals surface area contributed by atoms with Gasteiger partial charge in [-0.15, -0.1) is 0 Å². The number of alkyl halides is 2. The fourth-order valence-corrected chi connectivity index (χ4v) is 3.52. The maximum absolute atomic E-state index is 12.9. The zero-order valence-corrected chi connectivity index (χ0v) is 11.9. The Bertz CT molecular complexity index is 460. The molecule has 2 aliphatic rings. The fourth-order valence-electron chi connectivity index (χ4n) is 3.52. The summed E-state index contributed by atoms with van der Waals surface area (Å²) in [5, 5.41) is 3.25. The molecule has 1 N–H and O–H groups in total. The Morgan fingerprint density at radius 1 is 1.30 bits per heavy atom. The quantitative estimate of drug-likeness (QED) is 0.889. The number of benzene rings is 1. The van der Waals surface area contributed by atoms with E-state index < -0.39 is 6.43 Å². The molecule has 0 radical (unpaired) electrons. The highest BCUT2D eigenvalue weighted by atomic mass is 19.3. The summed E-state index contributed by atoms with van der Waals surface area (Å²) >= 11 is 0. The predicted octanol–water partition coefficient (Wildman–Crippen LogP) is 3.37. The van der Waals surface area contributed by atoms with Crippen LogP contribution in [0.1, 0.15) is 42.9 Å². The Labute approximate surface area is 119 Å². The Kier molecular flexibility index (Phi) is 4.03. The van der Waals surface area contributed by atoms with Crippen molar-refractivity contribution >= 4 is 0 Å². The molecule has 1 aromatic carbocycles. The molecule has 1 saturated heterocycles. The van der Waals surface area contributed by atoms with Gasteiger partial charge in [0.05, 0.1) is 0 Å². The number of hydrogen-bond donors (Lipinski definition) is 1. The summed E-state index contributed by atoms with van der Waals surface area (Å²) in [6, 6.07) is 8.00. The zero-order chi connectivity index (χ0) is 14.1. The fraction of sp³-hybridized carbons (Fsp3) is 0.625. The second kappa shape index (κ2) is 5.78. The number of nitrogens with one attached hydrogen (secondary N) is 1. The standard InChI is InChI=1S/C16H22F2N2/c1-19-10-13-7-8-20(14-5-6-14)15(13)11-3-2-4-12(9-11)16(17)18/h2-4,9,13-16,19H,5-8,10H2,1H3. The molecule has 110 valence electrons. The van der Waals surface area contributed by atoms with Gasteiger partial charge in [-0.1, -0.05) is 18.2 Å². The van der Waals surface area contributed by atoms with E-state index in [1.165, 1.54) is 18.9 Å². The first-order valence-electron chi connectivity index (χ1n) is 7.49. The van der Waals surface area contributed by atoms with Gasteiger partial charge in [-0.2, -0.15) is 0 Å². The largest absolute Gasteiger partial charge is 0.319 e. The van der Waals surface area contributed by atoms with Gasteiger partial charge in [-0.3, -0.25) is 4.90 Å². The summed E-state index contributed by atoms with van der Waals surface area (Å²) in [7, 11) is 1.96. The maximum atomic E-state index is 12.9. The molecule has 20 heavy (non-hydrogen) atoms. The Morgan fingerprint density at radius 3 is 2.75 bits per heavy atom. The van der Waals surface area contributed by atoms with E-state index in [0.29, 0.717) is 18.0 Å². The third-order valence-electron chi connectivity index (χ3n) is 4.55. The minimum absolute atomic E-state index is 0.147. The molecule has 3 rings (SSSR count). The second-order valence-corrected chi connectivity index (χ2v) is 5.99. The molecule has 4 heteroatoms. The van der Waals surface area contributed by atoms with Crippen LogP contribution in [0.2, 0.25) is 0 Å². The van der Waals surface area contributed by atoms with Gasteiger partial charge in [0.1, 0.15) is 0 Å². The molecule has 1 aliphatic heterocycles. The second-order valence-electron chi connectivity index (χ2n) is 5.99. The van der Waals surface area contributed by atoms with Crippen LogP contribution >= 0.6 is 0 Å². The minimum Gasteiger partial charge on any atom is -0.319 e. The first kappa shape index (κ1) is 14.0. The summed E-state index contributed by atoms with van der Waals surface area (Å²) in [5.41, 5.74) is 1.21. The van der Waals surface area contributed by atoms with E-state index >= 15 is 0 Å². The lowest BCUT2D eigenvalue weighted by molar-refractivity contribution is 0.150. The summed E-state index contributed by atoms with van der Waals surface area (Å²) in [6.07, 6.45) is 1.30. The molecule has 0 spiro atoms. The van der Waals surface area contributed by atoms with E-state index in [0.717, 1.165) is 25.1 Å². The van der Waals surface area contributed by atoms with Crippen molar-refractivity contribution in [1.29, 1.82) is 0 Å². The summed E-state index contributed by atoms with van der Waals surface area (Å²) in [4.78, 5) is 2.53. The van der Waals surface area contributed by atoms with Crippen molar-refractivity contribution < 1.29 is 8.78 Å². The lowest BCUT2D eigenvalue weighted by atomic mass is 9.92. The Hall–Kier alpha value is -1.00. The molecule has 2 atom stereocenters. The van der Waals surface area contributed by atoms with Crippen LogP contribution in [-0.4, -0.2) is 31.1 Å². The van der Waals surface area contributed by atoms with Crippen molar-refractivity contribution in [1.82, 2.24) is 10.2 Å². The molecule has 1 aromatic rings. The molecule has 2 fully saturated rings. The Balaban J connectivity index is 1.88. The molecule has 2 unspecified atom stereocenters. The SMILES string of the molecule is CNCC1CCN(C2CC2)C1c1cccc(C(F)F)c1. The highest BCUT2D eigenvalue weighted by molar-refractivity contribution is 5.28. The van der Waals surface area contributed by atoms with Gasteiger partial charge in [-0.25, -0.2) is 8.78 Å². The number of halogens is 2. The van der Waals surface area contributed by atoms with E-state index in [1.807, 2.05) is 13.1 Å². The normalized spacial score (nSPS) is 27.4. The highest BCUT2D eigenvalue weighted by Gasteiger charge is 2.42. The molecular weight excluding hydrogens is 258 g/mol. The van der Waals surface area contributed by atoms with Crippen molar-refractivity contribution in [2.75, 3.05) is 20.1 Å². The molecular formula is C16H22F2N2. The van der Waals surface area contributed by atoms with Gasteiger partial charge in [0.15, 0.2) is 0 Å². The van der Waals surface area contributed by atoms with Gasteiger partial charge < -0.3 is 5.32 Å². The summed E-state index contributed by atoms with van der Waals surface area (Å²) < 4.78 is 25.8. The first-order chi connectivity index (χ1) is 9.70. The van der Waals surface area contributed by atoms with Crippen molar-refractivity contribution in [3.05, 3.63) is 35.4 Å². The van der Waals surface area contributed by atoms with E-state index in [2.05, 4.69) is 10.2 Å². The maximum Gasteiger partial charge on any atom is 0.263 e. The van der Waals surface area contributed by atoms with Crippen LogP contribution < -0.4 is 5.32 Å². The van der Waals surface area contributed by atoms with E-state index in [4.69, 9.17) is 0 Å². The van der Waals surface area contributed by atoms with Crippen LogP contribution in [0.3, 0.4) is 0 Å². The lowest BCUT2D eigenvalue weighted by Crippen LogP contribution is -2.30. The van der Waals surface area contributed by atoms with E-state index in [9.17, 15) is 8.78 Å². The van der Waals surface area contributed by atoms with E-state index in [-0.39, 0.29) is 5.56 Å². The van der Waals surface area contributed by atoms with Gasteiger partial charge in [0, 0.05) is 17.6 Å². The topological polar surface area (TPSA) is 15.3 Å². The van der Waals surface area contributed by atoms with Crippen molar-refractivity contribution in [2.45, 2.75) is 37.8 Å². The van der Waals surface area contributed by atoms with Crippen molar-refractivity contribution in [3.8, 4) is 0 Å². The number of likely N-dealkylation sites (tertiary alicyclic amines) is 1. The first-order valence-corrected chi connectivity index (χ1v) is 7.49. The molecule has 1 saturated carbocycles. The highest BCUT2D eigenvalue weighted by Crippen LogP contribution is 2.44. The Morgan fingerprint density at radius 2 is 2.10 bits per heavy atom. The molecule has 0 bridgehead atoms. The molecule has 1 aliphatic carbocycles. The van der Waals surface area contributed by atoms with Crippen LogP contribution in [0.25, 0.3) is 0 Å². The predicted molar refractivity (Wildman–Crippen MR) is 75.9 cm³/mol. The van der Waals surface area contributed by atoms with Gasteiger partial charge >= 0.3 is 0 Å². The van der Waals surface area contributed by atoms with Crippen LogP contribution in [0, 0.1) is 5.92 Å². The minimum atomic E-state index is -2.38. The monoisotopic (exact) mass is 280 g/mol. The lowest BCUT2D eigenvalue weighted by Gasteiger charge is -2.29. The number of rotatable bonds is 5. The third-order valence-corrected chi connectivity index (χ3v) is 4.55. The molecule has 2 nitrogen and oxygen atoms in total. The molecule has 0 aromatic heterocycles. The van der Waals surface area contributed by atoms with Crippen LogP contribution in [0.5, 0.6) is 0 Å². The zero-order valence-electron chi connectivity index (χ0n) is 11.9. The van der Waals surface area contributed by atoms with Crippen LogP contribution in [-0.2, 0) is 0 Å². The summed E-state index contributed by atoms with van der Waals surface area (Å²) in [6.45, 7) is 2.05. The van der Waals surface area contributed by atoms with Crippen molar-refractivity contribution in [2.24, 2.45) is 5.92 Å².